The van der Waals surface area contributed by atoms with Gasteiger partial charge < -0.3 is 51.9 Å². The number of aliphatic hydroxyl groups is 4. The van der Waals surface area contributed by atoms with E-state index in [1.165, 1.54) is 11.0 Å². The lowest BCUT2D eigenvalue weighted by Gasteiger charge is -2.71. The van der Waals surface area contributed by atoms with Gasteiger partial charge in [0.1, 0.15) is 37.4 Å². The van der Waals surface area contributed by atoms with Gasteiger partial charge in [-0.15, -0.1) is 6.58 Å². The predicted octanol–water partition coefficient (Wildman–Crippen LogP) is -3.75. The highest BCUT2D eigenvalue weighted by Gasteiger charge is 2.80. The molecule has 37 heavy (non-hydrogen) atoms. The number of hydrogen-bond donors (Lipinski definition) is 5. The Hall–Kier alpha value is -0.620. The zero-order valence-electron chi connectivity index (χ0n) is 22.8. The van der Waals surface area contributed by atoms with E-state index in [4.69, 9.17) is 14.2 Å². The molecule has 2 unspecified atom stereocenters. The fourth-order valence-corrected chi connectivity index (χ4v) is 8.03. The Kier molecular flexibility index (Phi) is 8.70. The van der Waals surface area contributed by atoms with Crippen molar-refractivity contribution in [1.29, 1.82) is 0 Å². The normalized spacial score (nSPS) is 46.8. The quantitative estimate of drug-likeness (QED) is 0.215. The Balaban J connectivity index is 0.00000380. The molecule has 214 valence electrons. The van der Waals surface area contributed by atoms with Crippen molar-refractivity contribution in [2.75, 3.05) is 39.5 Å². The summed E-state index contributed by atoms with van der Waals surface area (Å²) in [4.78, 5) is 15.1. The number of carbonyl (C=O) groups is 1. The van der Waals surface area contributed by atoms with Crippen molar-refractivity contribution < 1.29 is 56.7 Å². The van der Waals surface area contributed by atoms with E-state index in [2.05, 4.69) is 6.58 Å². The molecule has 2 aliphatic carbocycles. The number of quaternary nitrogens is 1. The summed E-state index contributed by atoms with van der Waals surface area (Å²) in [5.74, 6) is -1.11. The molecule has 0 aromatic carbocycles. The summed E-state index contributed by atoms with van der Waals surface area (Å²) in [6.45, 7) is 16.1. The zero-order chi connectivity index (χ0) is 26.7. The number of Topliss-reactive ketones (excluding diaryl/α,β-unsaturated/α-hetero) is 1. The summed E-state index contributed by atoms with van der Waals surface area (Å²) in [7, 11) is 0. The lowest BCUT2D eigenvalue weighted by molar-refractivity contribution is -0.911. The van der Waals surface area contributed by atoms with Crippen LogP contribution >= 0.6 is 0 Å². The number of ether oxygens (including phenoxy) is 3. The summed E-state index contributed by atoms with van der Waals surface area (Å²) in [6, 6.07) is 0. The first-order valence-electron chi connectivity index (χ1n) is 13.3. The van der Waals surface area contributed by atoms with Gasteiger partial charge in [-0.3, -0.25) is 4.79 Å². The molecule has 4 fully saturated rings. The smallest absolute Gasteiger partial charge is 0.171 e. The molecule has 9 atom stereocenters. The summed E-state index contributed by atoms with van der Waals surface area (Å²) in [5.41, 5.74) is -6.79. The molecule has 0 radical (unpaired) electrons. The highest BCUT2D eigenvalue weighted by molar-refractivity contribution is 5.92. The van der Waals surface area contributed by atoms with Gasteiger partial charge in [-0.05, 0) is 32.1 Å². The number of halogens is 1. The average Bonchev–Trinajstić information content (AvgIpc) is 2.80. The number of nitrogens with one attached hydrogen (secondary N) is 1. The van der Waals surface area contributed by atoms with Gasteiger partial charge in [0.25, 0.3) is 0 Å². The minimum atomic E-state index is -2.13. The van der Waals surface area contributed by atoms with Crippen LogP contribution in [0.15, 0.2) is 12.7 Å². The largest absolute Gasteiger partial charge is 1.00 e. The van der Waals surface area contributed by atoms with Crippen molar-refractivity contribution in [2.45, 2.75) is 95.1 Å². The highest BCUT2D eigenvalue weighted by atomic mass is 35.5. The Bertz CT molecular complexity index is 867. The number of morpholine rings is 1. The van der Waals surface area contributed by atoms with Gasteiger partial charge in [-0.25, -0.2) is 0 Å². The van der Waals surface area contributed by atoms with Crippen LogP contribution < -0.4 is 17.3 Å². The molecule has 2 heterocycles. The van der Waals surface area contributed by atoms with E-state index in [1.807, 2.05) is 13.8 Å². The molecule has 0 bridgehead atoms. The number of rotatable bonds is 6. The van der Waals surface area contributed by atoms with Crippen LogP contribution in [0, 0.1) is 16.7 Å². The van der Waals surface area contributed by atoms with Crippen molar-refractivity contribution in [1.82, 2.24) is 0 Å². The Morgan fingerprint density at radius 3 is 2.41 bits per heavy atom. The van der Waals surface area contributed by atoms with Gasteiger partial charge in [0.2, 0.25) is 0 Å². The summed E-state index contributed by atoms with van der Waals surface area (Å²) in [6.07, 6.45) is -1.68. The lowest BCUT2D eigenvalue weighted by Crippen LogP contribution is -3.15. The molecule has 0 aromatic rings. The highest BCUT2D eigenvalue weighted by Crippen LogP contribution is 2.67. The van der Waals surface area contributed by atoms with Crippen molar-refractivity contribution in [3.8, 4) is 0 Å². The Morgan fingerprint density at radius 1 is 1.19 bits per heavy atom. The second kappa shape index (κ2) is 10.4. The fourth-order valence-electron chi connectivity index (χ4n) is 8.03. The van der Waals surface area contributed by atoms with Gasteiger partial charge in [-0.1, -0.05) is 26.8 Å². The summed E-state index contributed by atoms with van der Waals surface area (Å²) < 4.78 is 18.1. The number of carbonyl (C=O) groups excluding carboxylic acids is 1. The first-order chi connectivity index (χ1) is 16.7. The van der Waals surface area contributed by atoms with Crippen molar-refractivity contribution in [3.63, 3.8) is 0 Å². The van der Waals surface area contributed by atoms with Crippen molar-refractivity contribution >= 4 is 5.78 Å². The summed E-state index contributed by atoms with van der Waals surface area (Å²) in [5, 5.41) is 46.5. The molecular formula is C27H46ClNO8. The molecule has 0 amide bonds. The van der Waals surface area contributed by atoms with Crippen LogP contribution in [0.4, 0.5) is 0 Å². The molecule has 10 heteroatoms. The number of hydrogen-bond acceptors (Lipinski definition) is 8. The first kappa shape index (κ1) is 30.9. The minimum absolute atomic E-state index is 0. The maximum absolute atomic E-state index is 13.9. The zero-order valence-corrected chi connectivity index (χ0v) is 23.6. The third-order valence-electron chi connectivity index (χ3n) is 9.92. The van der Waals surface area contributed by atoms with Crippen molar-refractivity contribution in [2.24, 2.45) is 16.7 Å². The topological polar surface area (TPSA) is 130 Å². The molecule has 2 aliphatic heterocycles. The second-order valence-electron chi connectivity index (χ2n) is 12.8. The molecule has 2 saturated carbocycles. The average molecular weight is 548 g/mol. The molecule has 4 aliphatic rings. The minimum Gasteiger partial charge on any atom is -1.00 e. The Morgan fingerprint density at radius 2 is 1.81 bits per heavy atom. The van der Waals surface area contributed by atoms with E-state index in [1.54, 1.807) is 20.8 Å². The molecule has 0 spiro atoms. The Labute approximate surface area is 226 Å². The lowest BCUT2D eigenvalue weighted by atomic mass is 9.40. The van der Waals surface area contributed by atoms with E-state index in [-0.39, 0.29) is 25.4 Å². The van der Waals surface area contributed by atoms with Crippen LogP contribution in [-0.4, -0.2) is 107 Å². The molecule has 0 aromatic heterocycles. The maximum Gasteiger partial charge on any atom is 0.171 e. The molecular weight excluding hydrogens is 502 g/mol. The molecule has 2 saturated heterocycles. The van der Waals surface area contributed by atoms with Crippen LogP contribution in [-0.2, 0) is 19.0 Å². The van der Waals surface area contributed by atoms with Gasteiger partial charge in [0.15, 0.2) is 11.4 Å². The molecule has 4 rings (SSSR count). The fraction of sp³-hybridized carbons (Fsp3) is 0.889. The van der Waals surface area contributed by atoms with Gasteiger partial charge >= 0.3 is 0 Å². The second-order valence-corrected chi connectivity index (χ2v) is 12.8. The third kappa shape index (κ3) is 4.62. The van der Waals surface area contributed by atoms with Crippen LogP contribution in [0.1, 0.15) is 53.9 Å². The van der Waals surface area contributed by atoms with E-state index >= 15 is 0 Å². The van der Waals surface area contributed by atoms with Gasteiger partial charge in [-0.2, -0.15) is 0 Å². The van der Waals surface area contributed by atoms with E-state index in [0.29, 0.717) is 32.6 Å². The first-order valence-corrected chi connectivity index (χ1v) is 13.3. The van der Waals surface area contributed by atoms with Crippen molar-refractivity contribution in [3.05, 3.63) is 12.7 Å². The maximum atomic E-state index is 13.9. The van der Waals surface area contributed by atoms with Crippen LogP contribution in [0.2, 0.25) is 0 Å². The van der Waals surface area contributed by atoms with Crippen LogP contribution in [0.25, 0.3) is 0 Å². The molecule has 5 N–H and O–H groups in total. The number of aliphatic hydroxyl groups excluding tert-OH is 3. The standard InChI is InChI=1S/C27H45NO8.ClH/c1-7-24(4)14-19(31)27(33)25(5)18(30)8-9-23(2,3)21(25)20(32)22(26(27,6)36-24)35-16-17(29)15-28-10-12-34-13-11-28;/h7,17-18,20-22,29-30,32-33H,1,8-16H2,2-6H3;1H/t17?,18-,20-,21?,22-,24-,25-,26+,27-;/m0./s1. The van der Waals surface area contributed by atoms with Crippen LogP contribution in [0.3, 0.4) is 0 Å². The monoisotopic (exact) mass is 547 g/mol. The predicted molar refractivity (Wildman–Crippen MR) is 131 cm³/mol. The van der Waals surface area contributed by atoms with E-state index in [0.717, 1.165) is 13.1 Å². The number of fused-ring (bicyclic) bond motifs is 3. The SMILES string of the molecule is C=C[C@@]1(C)CC(=O)[C@@]2(O)[C@](C)(O1)[C@@H](OCC(O)C[NH+]1CCOCC1)[C@@H](O)C1C(C)(C)CC[C@H](O)[C@@]12C.[Cl-]. The number of ketones is 1. The third-order valence-corrected chi connectivity index (χ3v) is 9.92. The summed E-state index contributed by atoms with van der Waals surface area (Å²) >= 11 is 0. The van der Waals surface area contributed by atoms with Gasteiger partial charge in [0.05, 0.1) is 37.6 Å². The van der Waals surface area contributed by atoms with Gasteiger partial charge in [0, 0.05) is 17.8 Å². The van der Waals surface area contributed by atoms with Crippen LogP contribution in [0.5, 0.6) is 0 Å². The van der Waals surface area contributed by atoms with E-state index in [9.17, 15) is 25.2 Å². The van der Waals surface area contributed by atoms with E-state index < -0.39 is 63.8 Å². The molecule has 9 nitrogen and oxygen atoms in total.